The van der Waals surface area contributed by atoms with Gasteiger partial charge in [0.15, 0.2) is 0 Å². The molecule has 1 N–H and O–H groups in total. The second kappa shape index (κ2) is 6.95. The molecule has 2 aromatic heterocycles. The molecule has 0 radical (unpaired) electrons. The Morgan fingerprint density at radius 1 is 1.23 bits per heavy atom. The highest BCUT2D eigenvalue weighted by atomic mass is 19.1. The van der Waals surface area contributed by atoms with Crippen LogP contribution in [0.25, 0.3) is 16.9 Å². The largest absolute Gasteiger partial charge is 0.354 e. The molecule has 6 nitrogen and oxygen atoms in total. The number of nitrogens with zero attached hydrogens (tertiary/aromatic N) is 3. The molecule has 1 amide bonds. The zero-order valence-corrected chi connectivity index (χ0v) is 14.8. The topological polar surface area (TPSA) is 68.4 Å². The molecule has 3 rings (SSSR count). The standard InChI is InChI=1S/C19H19FN4O2/c1-12(2)8-9-24-16(13-4-6-14(20)7-5-13)11-23-10-15(18(25)21-3)22-17(23)19(24)26/h4-8,10-11H,9H2,1-3H3,(H,21,25). The number of rotatable bonds is 4. The first kappa shape index (κ1) is 17.6. The van der Waals surface area contributed by atoms with Crippen molar-refractivity contribution in [3.63, 3.8) is 0 Å². The van der Waals surface area contributed by atoms with Crippen molar-refractivity contribution in [2.24, 2.45) is 0 Å². The molecular formula is C19H19FN4O2. The first-order valence-corrected chi connectivity index (χ1v) is 8.14. The van der Waals surface area contributed by atoms with Crippen molar-refractivity contribution < 1.29 is 9.18 Å². The van der Waals surface area contributed by atoms with Gasteiger partial charge in [0.25, 0.3) is 11.5 Å². The minimum atomic E-state index is -0.368. The van der Waals surface area contributed by atoms with Gasteiger partial charge >= 0.3 is 0 Å². The lowest BCUT2D eigenvalue weighted by molar-refractivity contribution is 0.0958. The molecular weight excluding hydrogens is 335 g/mol. The van der Waals surface area contributed by atoms with Gasteiger partial charge in [-0.2, -0.15) is 0 Å². The van der Waals surface area contributed by atoms with Crippen LogP contribution in [0.15, 0.2) is 53.1 Å². The fourth-order valence-corrected chi connectivity index (χ4v) is 2.63. The SMILES string of the molecule is CNC(=O)c1cn2cc(-c3ccc(F)cc3)n(CC=C(C)C)c(=O)c2n1. The van der Waals surface area contributed by atoms with Crippen molar-refractivity contribution in [2.75, 3.05) is 7.05 Å². The predicted octanol–water partition coefficient (Wildman–Crippen LogP) is 2.63. The number of imidazole rings is 1. The normalized spacial score (nSPS) is 10.8. The van der Waals surface area contributed by atoms with Crippen LogP contribution in [0.5, 0.6) is 0 Å². The third-order valence-electron chi connectivity index (χ3n) is 4.00. The number of benzene rings is 1. The lowest BCUT2D eigenvalue weighted by atomic mass is 10.1. The van der Waals surface area contributed by atoms with Gasteiger partial charge in [0.1, 0.15) is 11.5 Å². The highest BCUT2D eigenvalue weighted by Crippen LogP contribution is 2.20. The van der Waals surface area contributed by atoms with Crippen molar-refractivity contribution in [1.29, 1.82) is 0 Å². The van der Waals surface area contributed by atoms with Gasteiger partial charge in [0.05, 0.1) is 5.69 Å². The first-order chi connectivity index (χ1) is 12.4. The Morgan fingerprint density at radius 3 is 2.54 bits per heavy atom. The number of aromatic nitrogens is 3. The third kappa shape index (κ3) is 3.28. The number of carbonyl (C=O) groups is 1. The Kier molecular flexibility index (Phi) is 4.71. The van der Waals surface area contributed by atoms with Gasteiger partial charge in [-0.05, 0) is 43.7 Å². The van der Waals surface area contributed by atoms with Crippen LogP contribution in [0.3, 0.4) is 0 Å². The van der Waals surface area contributed by atoms with Crippen molar-refractivity contribution in [1.82, 2.24) is 19.3 Å². The summed E-state index contributed by atoms with van der Waals surface area (Å²) in [6.45, 7) is 4.24. The summed E-state index contributed by atoms with van der Waals surface area (Å²) in [5.74, 6) is -0.718. The van der Waals surface area contributed by atoms with Crippen molar-refractivity contribution >= 4 is 11.6 Å². The van der Waals surface area contributed by atoms with Gasteiger partial charge in [-0.1, -0.05) is 11.6 Å². The molecule has 2 heterocycles. The fraction of sp³-hybridized carbons (Fsp3) is 0.211. The molecule has 0 spiro atoms. The minimum Gasteiger partial charge on any atom is -0.354 e. The molecule has 134 valence electrons. The Hall–Kier alpha value is -3.22. The van der Waals surface area contributed by atoms with Gasteiger partial charge in [-0.25, -0.2) is 9.37 Å². The summed E-state index contributed by atoms with van der Waals surface area (Å²) >= 11 is 0. The summed E-state index contributed by atoms with van der Waals surface area (Å²) in [5, 5.41) is 2.49. The Labute approximate surface area is 149 Å². The number of hydrogen-bond acceptors (Lipinski definition) is 3. The molecule has 0 aliphatic rings. The monoisotopic (exact) mass is 354 g/mol. The minimum absolute atomic E-state index is 0.162. The van der Waals surface area contributed by atoms with Gasteiger partial charge in [0.2, 0.25) is 5.65 Å². The molecule has 0 unspecified atom stereocenters. The van der Waals surface area contributed by atoms with Crippen LogP contribution in [0.1, 0.15) is 24.3 Å². The average molecular weight is 354 g/mol. The van der Waals surface area contributed by atoms with E-state index in [0.29, 0.717) is 17.8 Å². The lowest BCUT2D eigenvalue weighted by Gasteiger charge is -2.12. The highest BCUT2D eigenvalue weighted by molar-refractivity contribution is 5.92. The van der Waals surface area contributed by atoms with E-state index in [-0.39, 0.29) is 28.6 Å². The molecule has 0 saturated heterocycles. The maximum Gasteiger partial charge on any atom is 0.295 e. The van der Waals surface area contributed by atoms with E-state index in [4.69, 9.17) is 0 Å². The molecule has 7 heteroatoms. The van der Waals surface area contributed by atoms with Gasteiger partial charge in [-0.15, -0.1) is 0 Å². The quantitative estimate of drug-likeness (QED) is 0.733. The second-order valence-corrected chi connectivity index (χ2v) is 6.15. The molecule has 0 bridgehead atoms. The Morgan fingerprint density at radius 2 is 1.92 bits per heavy atom. The van der Waals surface area contributed by atoms with Crippen LogP contribution in [0, 0.1) is 5.82 Å². The summed E-state index contributed by atoms with van der Waals surface area (Å²) < 4.78 is 16.4. The molecule has 26 heavy (non-hydrogen) atoms. The van der Waals surface area contributed by atoms with E-state index >= 15 is 0 Å². The van der Waals surface area contributed by atoms with E-state index in [9.17, 15) is 14.0 Å². The average Bonchev–Trinajstić information content (AvgIpc) is 3.05. The van der Waals surface area contributed by atoms with E-state index in [0.717, 1.165) is 5.57 Å². The van der Waals surface area contributed by atoms with Crippen molar-refractivity contribution in [2.45, 2.75) is 20.4 Å². The number of carbonyl (C=O) groups excluding carboxylic acids is 1. The van der Waals surface area contributed by atoms with Gasteiger partial charge in [-0.3, -0.25) is 18.6 Å². The molecule has 0 aliphatic heterocycles. The van der Waals surface area contributed by atoms with Crippen LogP contribution in [-0.2, 0) is 6.54 Å². The zero-order chi connectivity index (χ0) is 18.8. The van der Waals surface area contributed by atoms with E-state index in [1.54, 1.807) is 22.9 Å². The van der Waals surface area contributed by atoms with Gasteiger partial charge < -0.3 is 5.32 Å². The Balaban J connectivity index is 2.27. The lowest BCUT2D eigenvalue weighted by Crippen LogP contribution is -2.24. The van der Waals surface area contributed by atoms with Crippen LogP contribution in [-0.4, -0.2) is 26.9 Å². The smallest absolute Gasteiger partial charge is 0.295 e. The zero-order valence-electron chi connectivity index (χ0n) is 14.8. The van der Waals surface area contributed by atoms with E-state index in [2.05, 4.69) is 10.3 Å². The molecule has 0 saturated carbocycles. The van der Waals surface area contributed by atoms with Crippen LogP contribution >= 0.6 is 0 Å². The number of nitrogens with one attached hydrogen (secondary N) is 1. The molecule has 0 aliphatic carbocycles. The van der Waals surface area contributed by atoms with E-state index in [1.807, 2.05) is 19.9 Å². The Bertz CT molecular complexity index is 1060. The van der Waals surface area contributed by atoms with Crippen molar-refractivity contribution in [3.05, 3.63) is 70.2 Å². The number of halogens is 1. The summed E-state index contributed by atoms with van der Waals surface area (Å²) in [7, 11) is 1.50. The third-order valence-corrected chi connectivity index (χ3v) is 4.00. The fourth-order valence-electron chi connectivity index (χ4n) is 2.63. The molecule has 3 aromatic rings. The molecule has 1 aromatic carbocycles. The first-order valence-electron chi connectivity index (χ1n) is 8.14. The maximum atomic E-state index is 13.3. The highest BCUT2D eigenvalue weighted by Gasteiger charge is 2.16. The van der Waals surface area contributed by atoms with Crippen molar-refractivity contribution in [3.8, 4) is 11.3 Å². The molecule has 0 fully saturated rings. The maximum absolute atomic E-state index is 13.3. The summed E-state index contributed by atoms with van der Waals surface area (Å²) in [6, 6.07) is 5.93. The molecule has 0 atom stereocenters. The number of fused-ring (bicyclic) bond motifs is 1. The summed E-state index contributed by atoms with van der Waals surface area (Å²) in [4.78, 5) is 29.0. The van der Waals surface area contributed by atoms with Gasteiger partial charge in [0, 0.05) is 26.0 Å². The number of allylic oxidation sites excluding steroid dienone is 2. The van der Waals surface area contributed by atoms with E-state index in [1.165, 1.54) is 29.8 Å². The number of amides is 1. The van der Waals surface area contributed by atoms with Crippen LogP contribution < -0.4 is 10.9 Å². The summed E-state index contributed by atoms with van der Waals surface area (Å²) in [5.41, 5.74) is 2.38. The van der Waals surface area contributed by atoms with Crippen LogP contribution in [0.4, 0.5) is 4.39 Å². The second-order valence-electron chi connectivity index (χ2n) is 6.15. The predicted molar refractivity (Wildman–Crippen MR) is 97.7 cm³/mol. The summed E-state index contributed by atoms with van der Waals surface area (Å²) in [6.07, 6.45) is 5.16. The number of hydrogen-bond donors (Lipinski definition) is 1. The van der Waals surface area contributed by atoms with E-state index < -0.39 is 0 Å². The van der Waals surface area contributed by atoms with Crippen LogP contribution in [0.2, 0.25) is 0 Å².